The summed E-state index contributed by atoms with van der Waals surface area (Å²) in [6.45, 7) is 4.81. The summed E-state index contributed by atoms with van der Waals surface area (Å²) in [5, 5.41) is 28.1. The Morgan fingerprint density at radius 1 is 1.42 bits per heavy atom. The molecule has 0 fully saturated rings. The summed E-state index contributed by atoms with van der Waals surface area (Å²) < 4.78 is 1.62. The van der Waals surface area contributed by atoms with Gasteiger partial charge in [-0.15, -0.1) is 0 Å². The van der Waals surface area contributed by atoms with Crippen LogP contribution in [0.15, 0.2) is 0 Å². The molecular formula is C7H14N2O3+2. The second-order valence-corrected chi connectivity index (χ2v) is 3.49. The third kappa shape index (κ3) is 1.06. The largest absolute Gasteiger partial charge is 0.371 e. The molecule has 0 bridgehead atoms. The topological polar surface area (TPSA) is 66.7 Å². The van der Waals surface area contributed by atoms with Crippen LogP contribution in [-0.4, -0.2) is 48.7 Å². The third-order valence-electron chi connectivity index (χ3n) is 2.12. The van der Waals surface area contributed by atoms with E-state index >= 15 is 0 Å². The van der Waals surface area contributed by atoms with Crippen molar-refractivity contribution in [2.75, 3.05) is 0 Å². The minimum Gasteiger partial charge on any atom is -0.328 e. The van der Waals surface area contributed by atoms with Crippen LogP contribution in [0.3, 0.4) is 0 Å². The lowest BCUT2D eigenvalue weighted by molar-refractivity contribution is -0.907. The molecule has 0 aromatic heterocycles. The van der Waals surface area contributed by atoms with Crippen LogP contribution < -0.4 is 0 Å². The van der Waals surface area contributed by atoms with E-state index < -0.39 is 11.8 Å². The monoisotopic (exact) mass is 174 g/mol. The van der Waals surface area contributed by atoms with Crippen molar-refractivity contribution in [2.45, 2.75) is 32.5 Å². The van der Waals surface area contributed by atoms with Crippen molar-refractivity contribution in [1.29, 1.82) is 0 Å². The Morgan fingerprint density at radius 2 is 1.92 bits per heavy atom. The Bertz CT molecular complexity index is 268. The van der Waals surface area contributed by atoms with Gasteiger partial charge < -0.3 is 5.11 Å². The molecule has 12 heavy (non-hydrogen) atoms. The Labute approximate surface area is 70.4 Å². The minimum atomic E-state index is -1.13. The molecule has 0 aromatic carbocycles. The molecule has 0 spiro atoms. The molecule has 1 unspecified atom stereocenters. The van der Waals surface area contributed by atoms with Gasteiger partial charge in [0.15, 0.2) is 0 Å². The Morgan fingerprint density at radius 3 is 2.42 bits per heavy atom. The number of hydroxylamine groups is 2. The van der Waals surface area contributed by atoms with Gasteiger partial charge in [-0.1, -0.05) is 0 Å². The fourth-order valence-electron chi connectivity index (χ4n) is 1.01. The lowest BCUT2D eigenvalue weighted by atomic mass is 10.0. The lowest BCUT2D eigenvalue weighted by Gasteiger charge is -2.19. The zero-order chi connectivity index (χ0) is 9.52. The first-order valence-corrected chi connectivity index (χ1v) is 3.70. The maximum Gasteiger partial charge on any atom is 0.371 e. The predicted molar refractivity (Wildman–Crippen MR) is 40.9 cm³/mol. The standard InChI is InChI=1S/C7H14N2O3/c1-5-4-8(11)7(2,3)6(10)9(5)12/h4,6,10-12H,1-3H3/q+2. The van der Waals surface area contributed by atoms with Crippen molar-refractivity contribution in [2.24, 2.45) is 0 Å². The van der Waals surface area contributed by atoms with Crippen LogP contribution in [0.1, 0.15) is 20.8 Å². The highest BCUT2D eigenvalue weighted by Gasteiger charge is 2.53. The molecule has 1 atom stereocenters. The number of aliphatic hydroxyl groups excluding tert-OH is 1. The molecule has 68 valence electrons. The van der Waals surface area contributed by atoms with E-state index in [1.807, 2.05) is 0 Å². The molecule has 5 heteroatoms. The first-order valence-electron chi connectivity index (χ1n) is 3.70. The maximum absolute atomic E-state index is 9.48. The summed E-state index contributed by atoms with van der Waals surface area (Å²) in [6.07, 6.45) is 0.222. The van der Waals surface area contributed by atoms with Crippen molar-refractivity contribution >= 4 is 11.9 Å². The highest BCUT2D eigenvalue weighted by molar-refractivity contribution is 6.24. The predicted octanol–water partition coefficient (Wildman–Crippen LogP) is -0.568. The van der Waals surface area contributed by atoms with E-state index in [0.717, 1.165) is 9.48 Å². The average Bonchev–Trinajstić information content (AvgIpc) is 1.99. The van der Waals surface area contributed by atoms with Crippen molar-refractivity contribution in [3.05, 3.63) is 0 Å². The normalized spacial score (nSPS) is 28.7. The van der Waals surface area contributed by atoms with E-state index in [-0.39, 0.29) is 0 Å². The molecule has 3 N–H and O–H groups in total. The highest BCUT2D eigenvalue weighted by atomic mass is 16.5. The molecule has 1 aliphatic rings. The van der Waals surface area contributed by atoms with Crippen LogP contribution in [0.4, 0.5) is 0 Å². The van der Waals surface area contributed by atoms with E-state index in [9.17, 15) is 15.5 Å². The minimum absolute atomic E-state index is 0.393. The molecule has 1 rings (SSSR count). The highest BCUT2D eigenvalue weighted by Crippen LogP contribution is 2.15. The maximum atomic E-state index is 9.48. The second-order valence-electron chi connectivity index (χ2n) is 3.49. The molecule has 0 saturated carbocycles. The van der Waals surface area contributed by atoms with Gasteiger partial charge in [0, 0.05) is 25.5 Å². The van der Waals surface area contributed by atoms with Gasteiger partial charge in [0.1, 0.15) is 0 Å². The Hall–Kier alpha value is -1.10. The zero-order valence-corrected chi connectivity index (χ0v) is 7.39. The van der Waals surface area contributed by atoms with Crippen molar-refractivity contribution < 1.29 is 25.0 Å². The molecule has 5 nitrogen and oxygen atoms in total. The van der Waals surface area contributed by atoms with Gasteiger partial charge in [-0.25, -0.2) is 0 Å². The summed E-state index contributed by atoms with van der Waals surface area (Å²) in [7, 11) is 0. The van der Waals surface area contributed by atoms with Crippen LogP contribution in [0.2, 0.25) is 0 Å². The third-order valence-corrected chi connectivity index (χ3v) is 2.12. The van der Waals surface area contributed by atoms with Crippen LogP contribution in [-0.2, 0) is 0 Å². The van der Waals surface area contributed by atoms with Crippen molar-refractivity contribution in [3.8, 4) is 0 Å². The molecule has 0 aromatic rings. The van der Waals surface area contributed by atoms with Gasteiger partial charge in [0.25, 0.3) is 17.5 Å². The molecular weight excluding hydrogens is 160 g/mol. The first kappa shape index (κ1) is 8.99. The number of hydrogen-bond donors (Lipinski definition) is 3. The van der Waals surface area contributed by atoms with Gasteiger partial charge in [-0.05, 0) is 4.74 Å². The first-order chi connectivity index (χ1) is 5.37. The summed E-state index contributed by atoms with van der Waals surface area (Å²) in [4.78, 5) is 0. The van der Waals surface area contributed by atoms with E-state index in [1.54, 1.807) is 20.8 Å². The number of rotatable bonds is 0. The fraction of sp³-hybridized carbons (Fsp3) is 0.714. The molecule has 0 amide bonds. The van der Waals surface area contributed by atoms with Gasteiger partial charge in [0.05, 0.1) is 0 Å². The fourth-order valence-corrected chi connectivity index (χ4v) is 1.01. The number of hydrogen-bond acceptors (Lipinski definition) is 3. The van der Waals surface area contributed by atoms with E-state index in [2.05, 4.69) is 0 Å². The van der Waals surface area contributed by atoms with Crippen LogP contribution in [0, 0.1) is 0 Å². The summed E-state index contributed by atoms with van der Waals surface area (Å²) in [5.41, 5.74) is -0.516. The van der Waals surface area contributed by atoms with Gasteiger partial charge in [-0.3, -0.25) is 10.4 Å². The summed E-state index contributed by atoms with van der Waals surface area (Å²) in [5.74, 6) is 0. The molecule has 0 saturated heterocycles. The molecule has 0 radical (unpaired) electrons. The van der Waals surface area contributed by atoms with Crippen LogP contribution >= 0.6 is 0 Å². The van der Waals surface area contributed by atoms with E-state index in [1.165, 1.54) is 6.21 Å². The van der Waals surface area contributed by atoms with Crippen molar-refractivity contribution in [1.82, 2.24) is 0 Å². The molecule has 0 aliphatic carbocycles. The van der Waals surface area contributed by atoms with Crippen LogP contribution in [0.5, 0.6) is 0 Å². The van der Waals surface area contributed by atoms with Gasteiger partial charge in [0.2, 0.25) is 0 Å². The summed E-state index contributed by atoms with van der Waals surface area (Å²) in [6, 6.07) is 0. The summed E-state index contributed by atoms with van der Waals surface area (Å²) >= 11 is 0. The van der Waals surface area contributed by atoms with Gasteiger partial charge in [-0.2, -0.15) is 0 Å². The smallest absolute Gasteiger partial charge is 0.328 e. The molecule has 1 aliphatic heterocycles. The quantitative estimate of drug-likeness (QED) is 0.340. The van der Waals surface area contributed by atoms with Crippen LogP contribution in [0.25, 0.3) is 0 Å². The number of nitrogens with zero attached hydrogens (tertiary/aromatic N) is 2. The zero-order valence-electron chi connectivity index (χ0n) is 7.39. The molecule has 1 heterocycles. The average molecular weight is 174 g/mol. The Balaban J connectivity index is 3.16. The lowest BCUT2D eigenvalue weighted by Crippen LogP contribution is -2.56. The van der Waals surface area contributed by atoms with Gasteiger partial charge >= 0.3 is 6.23 Å². The Kier molecular flexibility index (Phi) is 1.83. The van der Waals surface area contributed by atoms with E-state index in [4.69, 9.17) is 0 Å². The van der Waals surface area contributed by atoms with E-state index in [0.29, 0.717) is 5.71 Å². The second kappa shape index (κ2) is 2.45. The SMILES string of the molecule is CC1=[N+](O)C(O)C(C)(C)[N+](O)=C1. The van der Waals surface area contributed by atoms with Crippen molar-refractivity contribution in [3.63, 3.8) is 0 Å². The number of aliphatic hydroxyl groups is 1.